The minimum atomic E-state index is -1.21. The molecule has 1 amide bonds. The third kappa shape index (κ3) is 3.62. The molecular formula is C18H25FN2O4. The monoisotopic (exact) mass is 352 g/mol. The third-order valence-electron chi connectivity index (χ3n) is 4.66. The number of pyridine rings is 1. The number of morpholine rings is 1. The largest absolute Gasteiger partial charge is 0.444 e. The van der Waals surface area contributed by atoms with Crippen LogP contribution in [0, 0.1) is 12.7 Å². The molecule has 0 saturated carbocycles. The van der Waals surface area contributed by atoms with Gasteiger partial charge in [-0.15, -0.1) is 0 Å². The summed E-state index contributed by atoms with van der Waals surface area (Å²) in [6, 6.07) is 2.23. The summed E-state index contributed by atoms with van der Waals surface area (Å²) in [5.41, 5.74) is -1.11. The second-order valence-corrected chi connectivity index (χ2v) is 7.94. The Hall–Kier alpha value is -1.73. The van der Waals surface area contributed by atoms with Crippen LogP contribution in [0.3, 0.4) is 0 Å². The molecular weight excluding hydrogens is 327 g/mol. The lowest BCUT2D eigenvalue weighted by atomic mass is 9.79. The van der Waals surface area contributed by atoms with Gasteiger partial charge in [-0.25, -0.2) is 9.18 Å². The normalized spacial score (nSPS) is 29.4. The number of halogens is 1. The summed E-state index contributed by atoms with van der Waals surface area (Å²) in [5.74, 6) is -0.401. The number of hydrogen-bond acceptors (Lipinski definition) is 5. The summed E-state index contributed by atoms with van der Waals surface area (Å²) in [6.07, 6.45) is 0.165. The SMILES string of the molecule is Cc1nc(C2(O)CC3COCC(C2)N3C(=O)OC(C)(C)C)ccc1F. The number of fused-ring (bicyclic) bond motifs is 2. The van der Waals surface area contributed by atoms with Crippen molar-refractivity contribution in [1.29, 1.82) is 0 Å². The first-order chi connectivity index (χ1) is 11.6. The van der Waals surface area contributed by atoms with Gasteiger partial charge in [0.05, 0.1) is 36.7 Å². The Bertz CT molecular complexity index is 660. The second kappa shape index (κ2) is 6.21. The molecule has 3 rings (SSSR count). The number of carbonyl (C=O) groups is 1. The number of aliphatic hydroxyl groups is 1. The molecule has 2 unspecified atom stereocenters. The summed E-state index contributed by atoms with van der Waals surface area (Å²) in [7, 11) is 0. The molecule has 138 valence electrons. The average molecular weight is 352 g/mol. The molecule has 0 radical (unpaired) electrons. The molecule has 0 spiro atoms. The van der Waals surface area contributed by atoms with E-state index in [1.165, 1.54) is 12.1 Å². The molecule has 2 atom stereocenters. The fourth-order valence-electron chi connectivity index (χ4n) is 3.60. The molecule has 2 aliphatic heterocycles. The van der Waals surface area contributed by atoms with Crippen molar-refractivity contribution in [2.75, 3.05) is 13.2 Å². The van der Waals surface area contributed by atoms with Gasteiger partial charge in [-0.2, -0.15) is 0 Å². The van der Waals surface area contributed by atoms with Gasteiger partial charge in [-0.05, 0) is 39.8 Å². The summed E-state index contributed by atoms with van der Waals surface area (Å²) in [5, 5.41) is 11.2. The van der Waals surface area contributed by atoms with E-state index < -0.39 is 23.1 Å². The molecule has 2 aliphatic rings. The van der Waals surface area contributed by atoms with Gasteiger partial charge < -0.3 is 14.6 Å². The van der Waals surface area contributed by atoms with Crippen molar-refractivity contribution in [3.8, 4) is 0 Å². The van der Waals surface area contributed by atoms with Crippen molar-refractivity contribution in [3.63, 3.8) is 0 Å². The molecule has 1 N–H and O–H groups in total. The van der Waals surface area contributed by atoms with Gasteiger partial charge in [-0.1, -0.05) is 0 Å². The minimum absolute atomic E-state index is 0.252. The van der Waals surface area contributed by atoms with E-state index in [2.05, 4.69) is 4.98 Å². The van der Waals surface area contributed by atoms with Gasteiger partial charge in [0.1, 0.15) is 17.0 Å². The first-order valence-corrected chi connectivity index (χ1v) is 8.54. The molecule has 0 aromatic carbocycles. The quantitative estimate of drug-likeness (QED) is 0.841. The highest BCUT2D eigenvalue weighted by atomic mass is 19.1. The number of aromatic nitrogens is 1. The fourth-order valence-corrected chi connectivity index (χ4v) is 3.60. The molecule has 7 heteroatoms. The number of piperidine rings is 1. The smallest absolute Gasteiger partial charge is 0.410 e. The molecule has 2 fully saturated rings. The Balaban J connectivity index is 1.85. The zero-order chi connectivity index (χ0) is 18.4. The summed E-state index contributed by atoms with van der Waals surface area (Å²) < 4.78 is 24.6. The molecule has 1 aromatic rings. The van der Waals surface area contributed by atoms with Crippen LogP contribution in [0.1, 0.15) is 45.0 Å². The van der Waals surface area contributed by atoms with Crippen molar-refractivity contribution >= 4 is 6.09 Å². The summed E-state index contributed by atoms with van der Waals surface area (Å²) >= 11 is 0. The van der Waals surface area contributed by atoms with Crippen LogP contribution in [-0.2, 0) is 15.1 Å². The Morgan fingerprint density at radius 3 is 2.48 bits per heavy atom. The lowest BCUT2D eigenvalue weighted by Crippen LogP contribution is -2.63. The molecule has 2 bridgehead atoms. The highest BCUT2D eigenvalue weighted by molar-refractivity contribution is 5.69. The summed E-state index contributed by atoms with van der Waals surface area (Å²) in [6.45, 7) is 7.70. The van der Waals surface area contributed by atoms with Crippen molar-refractivity contribution in [2.24, 2.45) is 0 Å². The van der Waals surface area contributed by atoms with E-state index in [1.54, 1.807) is 11.8 Å². The first-order valence-electron chi connectivity index (χ1n) is 8.54. The predicted molar refractivity (Wildman–Crippen MR) is 88.5 cm³/mol. The van der Waals surface area contributed by atoms with E-state index in [0.29, 0.717) is 18.9 Å². The van der Waals surface area contributed by atoms with E-state index in [0.717, 1.165) is 0 Å². The van der Waals surface area contributed by atoms with Crippen molar-refractivity contribution in [3.05, 3.63) is 29.3 Å². The molecule has 2 saturated heterocycles. The topological polar surface area (TPSA) is 71.9 Å². The van der Waals surface area contributed by atoms with Gasteiger partial charge >= 0.3 is 6.09 Å². The number of nitrogens with zero attached hydrogens (tertiary/aromatic N) is 2. The number of ether oxygens (including phenoxy) is 2. The van der Waals surface area contributed by atoms with Crippen LogP contribution >= 0.6 is 0 Å². The highest BCUT2D eigenvalue weighted by Gasteiger charge is 2.50. The lowest BCUT2D eigenvalue weighted by molar-refractivity contribution is -0.142. The number of rotatable bonds is 1. The van der Waals surface area contributed by atoms with Crippen LogP contribution < -0.4 is 0 Å². The Kier molecular flexibility index (Phi) is 4.49. The van der Waals surface area contributed by atoms with Gasteiger partial charge in [0, 0.05) is 12.8 Å². The van der Waals surface area contributed by atoms with Crippen LogP contribution in [0.2, 0.25) is 0 Å². The minimum Gasteiger partial charge on any atom is -0.444 e. The van der Waals surface area contributed by atoms with Gasteiger partial charge in [0.25, 0.3) is 0 Å². The van der Waals surface area contributed by atoms with E-state index in [9.17, 15) is 14.3 Å². The van der Waals surface area contributed by atoms with Crippen molar-refractivity contribution in [2.45, 2.75) is 63.8 Å². The predicted octanol–water partition coefficient (Wildman–Crippen LogP) is 2.52. The summed E-state index contributed by atoms with van der Waals surface area (Å²) in [4.78, 5) is 18.5. The number of aryl methyl sites for hydroxylation is 1. The lowest BCUT2D eigenvalue weighted by Gasteiger charge is -2.51. The maximum absolute atomic E-state index is 13.5. The van der Waals surface area contributed by atoms with E-state index >= 15 is 0 Å². The molecule has 0 aliphatic carbocycles. The average Bonchev–Trinajstić information content (AvgIpc) is 2.47. The highest BCUT2D eigenvalue weighted by Crippen LogP contribution is 2.41. The van der Waals surface area contributed by atoms with Gasteiger partial charge in [-0.3, -0.25) is 9.88 Å². The maximum Gasteiger partial charge on any atom is 0.410 e. The molecule has 1 aromatic heterocycles. The Labute approximate surface area is 146 Å². The van der Waals surface area contributed by atoms with Crippen LogP contribution in [0.25, 0.3) is 0 Å². The van der Waals surface area contributed by atoms with E-state index in [4.69, 9.17) is 9.47 Å². The third-order valence-corrected chi connectivity index (χ3v) is 4.66. The zero-order valence-corrected chi connectivity index (χ0v) is 15.1. The van der Waals surface area contributed by atoms with Crippen LogP contribution in [0.15, 0.2) is 12.1 Å². The standard InChI is InChI=1S/C18H25FN2O4/c1-11-14(19)5-6-15(20-11)18(23)7-12-9-24-10-13(8-18)21(12)16(22)25-17(2,3)4/h5-6,12-13,23H,7-10H2,1-4H3. The van der Waals surface area contributed by atoms with Gasteiger partial charge in [0.15, 0.2) is 0 Å². The number of hydrogen-bond donors (Lipinski definition) is 1. The Morgan fingerprint density at radius 1 is 1.36 bits per heavy atom. The number of amides is 1. The molecule has 25 heavy (non-hydrogen) atoms. The molecule has 6 nitrogen and oxygen atoms in total. The van der Waals surface area contributed by atoms with Gasteiger partial charge in [0.2, 0.25) is 0 Å². The second-order valence-electron chi connectivity index (χ2n) is 7.94. The van der Waals surface area contributed by atoms with Crippen LogP contribution in [-0.4, -0.2) is 52.0 Å². The van der Waals surface area contributed by atoms with Crippen LogP contribution in [0.5, 0.6) is 0 Å². The molecule has 3 heterocycles. The first kappa shape index (κ1) is 18.1. The maximum atomic E-state index is 13.5. The zero-order valence-electron chi connectivity index (χ0n) is 15.1. The van der Waals surface area contributed by atoms with Crippen molar-refractivity contribution in [1.82, 2.24) is 9.88 Å². The number of carbonyl (C=O) groups excluding carboxylic acids is 1. The van der Waals surface area contributed by atoms with Crippen LogP contribution in [0.4, 0.5) is 9.18 Å². The Morgan fingerprint density at radius 2 is 1.96 bits per heavy atom. The van der Waals surface area contributed by atoms with E-state index in [1.807, 2.05) is 20.8 Å². The van der Waals surface area contributed by atoms with E-state index in [-0.39, 0.29) is 30.6 Å². The fraction of sp³-hybridized carbons (Fsp3) is 0.667. The van der Waals surface area contributed by atoms with Crippen molar-refractivity contribution < 1.29 is 23.8 Å².